The molecule has 0 aromatic carbocycles. The van der Waals surface area contributed by atoms with E-state index in [1.165, 1.54) is 0 Å². The van der Waals surface area contributed by atoms with Gasteiger partial charge in [-0.15, -0.1) is 0 Å². The maximum atomic E-state index is 5.91. The Morgan fingerprint density at radius 3 is 2.43 bits per heavy atom. The van der Waals surface area contributed by atoms with E-state index in [0.717, 1.165) is 19.4 Å². The van der Waals surface area contributed by atoms with Gasteiger partial charge >= 0.3 is 0 Å². The van der Waals surface area contributed by atoms with Crippen LogP contribution in [0.25, 0.3) is 0 Å². The van der Waals surface area contributed by atoms with E-state index in [0.29, 0.717) is 18.4 Å². The maximum Gasteiger partial charge on any atom is 0.136 e. The number of hydrogen-bond donors (Lipinski definition) is 3. The van der Waals surface area contributed by atoms with Crippen molar-refractivity contribution in [2.45, 2.75) is 76.7 Å². The normalized spacial score (nSPS) is 36.1. The topological polar surface area (TPSA) is 98.4 Å². The molecule has 0 radical (unpaired) electrons. The molecule has 2 rings (SSSR count). The van der Waals surface area contributed by atoms with Crippen molar-refractivity contribution in [3.63, 3.8) is 0 Å². The number of hydrogen-bond acceptors (Lipinski definition) is 6. The Bertz CT molecular complexity index is 382. The second-order valence-electron chi connectivity index (χ2n) is 7.78. The molecule has 6 heteroatoms. The number of methoxy groups -OCH3 is 1. The van der Waals surface area contributed by atoms with Crippen LogP contribution >= 0.6 is 0 Å². The molecule has 0 aliphatic carbocycles. The van der Waals surface area contributed by atoms with Gasteiger partial charge in [0.25, 0.3) is 0 Å². The minimum atomic E-state index is -0.167. The summed E-state index contributed by atoms with van der Waals surface area (Å²) in [5.41, 5.74) is 11.4. The van der Waals surface area contributed by atoms with Gasteiger partial charge in [-0.25, -0.2) is 0 Å². The molecule has 2 saturated heterocycles. The number of ether oxygens (including phenoxy) is 3. The van der Waals surface area contributed by atoms with Crippen LogP contribution in [0.5, 0.6) is 0 Å². The first-order chi connectivity index (χ1) is 10.8. The molecule has 2 aliphatic rings. The Labute approximate surface area is 140 Å². The highest BCUT2D eigenvalue weighted by Gasteiger charge is 2.51. The highest BCUT2D eigenvalue weighted by molar-refractivity contribution is 5.01. The van der Waals surface area contributed by atoms with Gasteiger partial charge in [-0.1, -0.05) is 13.8 Å². The predicted octanol–water partition coefficient (Wildman–Crippen LogP) is 0.832. The molecule has 0 aromatic heterocycles. The molecular weight excluding hydrogens is 294 g/mol. The highest BCUT2D eigenvalue weighted by Crippen LogP contribution is 2.37. The van der Waals surface area contributed by atoms with Gasteiger partial charge in [-0.2, -0.15) is 0 Å². The molecule has 6 nitrogen and oxygen atoms in total. The van der Waals surface area contributed by atoms with Crippen LogP contribution in [0.2, 0.25) is 0 Å². The lowest BCUT2D eigenvalue weighted by molar-refractivity contribution is 0.0971. The van der Waals surface area contributed by atoms with E-state index in [9.17, 15) is 0 Å². The molecular formula is C17H35N3O3. The Morgan fingerprint density at radius 2 is 1.91 bits per heavy atom. The zero-order chi connectivity index (χ0) is 17.2. The van der Waals surface area contributed by atoms with E-state index < -0.39 is 0 Å². The van der Waals surface area contributed by atoms with Crippen molar-refractivity contribution in [1.29, 1.82) is 0 Å². The number of rotatable bonds is 11. The summed E-state index contributed by atoms with van der Waals surface area (Å²) in [4.78, 5) is 0. The average Bonchev–Trinajstić information content (AvgIpc) is 3.35. The first-order valence-electron chi connectivity index (χ1n) is 8.84. The van der Waals surface area contributed by atoms with Crippen molar-refractivity contribution in [3.8, 4) is 0 Å². The lowest BCUT2D eigenvalue weighted by Crippen LogP contribution is -2.50. The molecule has 0 saturated carbocycles. The van der Waals surface area contributed by atoms with Crippen LogP contribution in [0.1, 0.15) is 40.5 Å². The second kappa shape index (κ2) is 7.76. The Balaban J connectivity index is 1.83. The smallest absolute Gasteiger partial charge is 0.136 e. The van der Waals surface area contributed by atoms with Crippen molar-refractivity contribution in [2.24, 2.45) is 23.3 Å². The van der Waals surface area contributed by atoms with Gasteiger partial charge in [-0.05, 0) is 45.1 Å². The van der Waals surface area contributed by atoms with Crippen LogP contribution < -0.4 is 16.8 Å². The van der Waals surface area contributed by atoms with E-state index >= 15 is 0 Å². The van der Waals surface area contributed by atoms with Crippen LogP contribution in [-0.2, 0) is 14.2 Å². The molecule has 0 bridgehead atoms. The minimum absolute atomic E-state index is 0.0776. The molecule has 8 atom stereocenters. The molecule has 2 heterocycles. The largest absolute Gasteiger partial charge is 0.383 e. The summed E-state index contributed by atoms with van der Waals surface area (Å²) in [6, 6.07) is 0.0776. The molecule has 0 amide bonds. The van der Waals surface area contributed by atoms with Gasteiger partial charge in [0, 0.05) is 18.7 Å². The number of epoxide rings is 2. The standard InChI is InChI=1S/C17H35N3O3/c1-10(6-7-18)11(2)14-16(23-14)20-17(4,9-21-5)8-13-15(22-13)12(3)19/h10-16,20H,6-9,18-19H2,1-5H3. The molecule has 2 aliphatic heterocycles. The van der Waals surface area contributed by atoms with Crippen LogP contribution in [-0.4, -0.2) is 56.4 Å². The lowest BCUT2D eigenvalue weighted by Gasteiger charge is -2.29. The lowest BCUT2D eigenvalue weighted by atomic mass is 9.89. The van der Waals surface area contributed by atoms with Gasteiger partial charge in [-0.3, -0.25) is 5.32 Å². The first kappa shape index (κ1) is 19.1. The summed E-state index contributed by atoms with van der Waals surface area (Å²) in [6.45, 7) is 10.0. The monoisotopic (exact) mass is 329 g/mol. The third-order valence-corrected chi connectivity index (χ3v) is 5.31. The summed E-state index contributed by atoms with van der Waals surface area (Å²) >= 11 is 0. The number of nitrogens with one attached hydrogen (secondary N) is 1. The van der Waals surface area contributed by atoms with Gasteiger partial charge in [0.05, 0.1) is 18.8 Å². The van der Waals surface area contributed by atoms with Gasteiger partial charge in [0.1, 0.15) is 12.3 Å². The maximum absolute atomic E-state index is 5.91. The summed E-state index contributed by atoms with van der Waals surface area (Å²) in [6.07, 6.45) is 2.66. The third-order valence-electron chi connectivity index (χ3n) is 5.31. The van der Waals surface area contributed by atoms with Crippen molar-refractivity contribution in [3.05, 3.63) is 0 Å². The quantitative estimate of drug-likeness (QED) is 0.486. The van der Waals surface area contributed by atoms with E-state index in [2.05, 4.69) is 26.1 Å². The molecule has 0 spiro atoms. The van der Waals surface area contributed by atoms with Gasteiger partial charge in [0.2, 0.25) is 0 Å². The fourth-order valence-electron chi connectivity index (χ4n) is 3.54. The van der Waals surface area contributed by atoms with Gasteiger partial charge in [0.15, 0.2) is 0 Å². The van der Waals surface area contributed by atoms with Crippen molar-refractivity contribution in [1.82, 2.24) is 5.32 Å². The molecule has 0 aromatic rings. The molecule has 2 fully saturated rings. The SMILES string of the molecule is COCC(C)(CC1OC1C(C)N)NC1OC1C(C)C(C)CCN. The Morgan fingerprint density at radius 1 is 1.22 bits per heavy atom. The fraction of sp³-hybridized carbons (Fsp3) is 1.00. The third kappa shape index (κ3) is 5.11. The van der Waals surface area contributed by atoms with Crippen molar-refractivity contribution in [2.75, 3.05) is 20.3 Å². The zero-order valence-electron chi connectivity index (χ0n) is 15.2. The second-order valence-corrected chi connectivity index (χ2v) is 7.78. The predicted molar refractivity (Wildman–Crippen MR) is 91.0 cm³/mol. The van der Waals surface area contributed by atoms with Crippen LogP contribution in [0.15, 0.2) is 0 Å². The van der Waals surface area contributed by atoms with E-state index in [4.69, 9.17) is 25.7 Å². The summed E-state index contributed by atoms with van der Waals surface area (Å²) < 4.78 is 17.0. The van der Waals surface area contributed by atoms with E-state index in [1.54, 1.807) is 7.11 Å². The molecule has 5 N–H and O–H groups in total. The molecule has 23 heavy (non-hydrogen) atoms. The Hall–Kier alpha value is -0.240. The molecule has 8 unspecified atom stereocenters. The fourth-order valence-corrected chi connectivity index (χ4v) is 3.54. The van der Waals surface area contributed by atoms with E-state index in [-0.39, 0.29) is 36.1 Å². The summed E-state index contributed by atoms with van der Waals surface area (Å²) in [5, 5.41) is 3.63. The van der Waals surface area contributed by atoms with Crippen LogP contribution in [0.3, 0.4) is 0 Å². The highest BCUT2D eigenvalue weighted by atomic mass is 16.6. The van der Waals surface area contributed by atoms with Gasteiger partial charge < -0.3 is 25.7 Å². The first-order valence-corrected chi connectivity index (χ1v) is 8.84. The minimum Gasteiger partial charge on any atom is -0.383 e. The van der Waals surface area contributed by atoms with Crippen LogP contribution in [0, 0.1) is 11.8 Å². The average molecular weight is 329 g/mol. The van der Waals surface area contributed by atoms with E-state index in [1.807, 2.05) is 6.92 Å². The van der Waals surface area contributed by atoms with Crippen molar-refractivity contribution >= 4 is 0 Å². The van der Waals surface area contributed by atoms with Crippen molar-refractivity contribution < 1.29 is 14.2 Å². The zero-order valence-corrected chi connectivity index (χ0v) is 15.2. The molecule has 136 valence electrons. The Kier molecular flexibility index (Phi) is 6.44. The number of nitrogens with two attached hydrogens (primary N) is 2. The summed E-state index contributed by atoms with van der Waals surface area (Å²) in [7, 11) is 1.73. The summed E-state index contributed by atoms with van der Waals surface area (Å²) in [5.74, 6) is 1.07. The van der Waals surface area contributed by atoms with Crippen LogP contribution in [0.4, 0.5) is 0 Å².